The number of hydrogen-bond donors (Lipinski definition) is 4. The Morgan fingerprint density at radius 3 is 2.72 bits per heavy atom. The molecule has 25 heavy (non-hydrogen) atoms. The summed E-state index contributed by atoms with van der Waals surface area (Å²) >= 11 is 0. The third kappa shape index (κ3) is 4.39. The van der Waals surface area contributed by atoms with Crippen LogP contribution in [0.2, 0.25) is 0 Å². The van der Waals surface area contributed by atoms with Gasteiger partial charge in [-0.3, -0.25) is 0 Å². The number of aryl methyl sites for hydroxylation is 1. The van der Waals surface area contributed by atoms with Crippen LogP contribution >= 0.6 is 0 Å². The van der Waals surface area contributed by atoms with Crippen LogP contribution in [0, 0.1) is 6.92 Å². The van der Waals surface area contributed by atoms with E-state index in [1.165, 1.54) is 0 Å². The second kappa shape index (κ2) is 7.85. The van der Waals surface area contributed by atoms with Crippen LogP contribution in [0.3, 0.4) is 0 Å². The summed E-state index contributed by atoms with van der Waals surface area (Å²) < 4.78 is 0. The first-order chi connectivity index (χ1) is 12.2. The number of carbonyl (C=O) groups excluding carboxylic acids is 1. The van der Waals surface area contributed by atoms with Gasteiger partial charge in [0, 0.05) is 41.4 Å². The molecule has 1 aromatic heterocycles. The summed E-state index contributed by atoms with van der Waals surface area (Å²) in [7, 11) is 0. The Hall–Kier alpha value is -2.79. The van der Waals surface area contributed by atoms with Gasteiger partial charge in [0.15, 0.2) is 0 Å². The molecule has 0 aliphatic heterocycles. The zero-order chi connectivity index (χ0) is 17.6. The molecule has 4 N–H and O–H groups in total. The summed E-state index contributed by atoms with van der Waals surface area (Å²) in [6.07, 6.45) is 0.610. The average molecular weight is 337 g/mol. The number of urea groups is 1. The molecule has 0 saturated heterocycles. The monoisotopic (exact) mass is 337 g/mol. The van der Waals surface area contributed by atoms with Crippen molar-refractivity contribution in [2.75, 3.05) is 18.5 Å². The lowest BCUT2D eigenvalue weighted by Crippen LogP contribution is -2.32. The number of benzene rings is 2. The number of hydrogen-bond acceptors (Lipinski definition) is 2. The molecule has 0 aliphatic rings. The summed E-state index contributed by atoms with van der Waals surface area (Å²) in [4.78, 5) is 15.5. The van der Waals surface area contributed by atoms with Crippen LogP contribution in [0.1, 0.15) is 23.6 Å². The molecule has 0 fully saturated rings. The molecule has 5 nitrogen and oxygen atoms in total. The summed E-state index contributed by atoms with van der Waals surface area (Å²) in [5.41, 5.74) is 4.00. The number of aliphatic hydroxyl groups is 1. The topological polar surface area (TPSA) is 77.2 Å². The molecule has 2 amide bonds. The van der Waals surface area contributed by atoms with Gasteiger partial charge in [0.1, 0.15) is 0 Å². The van der Waals surface area contributed by atoms with E-state index in [9.17, 15) is 9.90 Å². The van der Waals surface area contributed by atoms with Gasteiger partial charge in [-0.25, -0.2) is 4.79 Å². The van der Waals surface area contributed by atoms with Crippen LogP contribution in [0.15, 0.2) is 54.6 Å². The zero-order valence-corrected chi connectivity index (χ0v) is 14.3. The number of H-pyrrole nitrogens is 1. The first-order valence-electron chi connectivity index (χ1n) is 8.46. The van der Waals surface area contributed by atoms with Crippen LogP contribution < -0.4 is 10.6 Å². The quantitative estimate of drug-likeness (QED) is 0.553. The fourth-order valence-electron chi connectivity index (χ4n) is 3.01. The molecule has 0 spiro atoms. The van der Waals surface area contributed by atoms with Gasteiger partial charge >= 0.3 is 6.03 Å². The zero-order valence-electron chi connectivity index (χ0n) is 14.3. The average Bonchev–Trinajstić information content (AvgIpc) is 2.98. The first kappa shape index (κ1) is 17.0. The highest BCUT2D eigenvalue weighted by Crippen LogP contribution is 2.20. The second-order valence-electron chi connectivity index (χ2n) is 6.21. The van der Waals surface area contributed by atoms with E-state index in [1.54, 1.807) is 0 Å². The molecule has 2 aromatic carbocycles. The van der Waals surface area contributed by atoms with Gasteiger partial charge in [-0.05, 0) is 43.2 Å². The second-order valence-corrected chi connectivity index (χ2v) is 6.21. The Morgan fingerprint density at radius 2 is 1.96 bits per heavy atom. The van der Waals surface area contributed by atoms with Gasteiger partial charge < -0.3 is 20.7 Å². The maximum atomic E-state index is 12.2. The maximum Gasteiger partial charge on any atom is 0.319 e. The number of aliphatic hydroxyl groups excluding tert-OH is 1. The van der Waals surface area contributed by atoms with Crippen molar-refractivity contribution in [3.63, 3.8) is 0 Å². The van der Waals surface area contributed by atoms with E-state index in [-0.39, 0.29) is 18.6 Å². The molecular formula is C20H23N3O2. The van der Waals surface area contributed by atoms with Crippen LogP contribution in [-0.4, -0.2) is 29.3 Å². The summed E-state index contributed by atoms with van der Waals surface area (Å²) in [5.74, 6) is 0.0896. The number of anilines is 1. The van der Waals surface area contributed by atoms with Gasteiger partial charge in [-0.15, -0.1) is 0 Å². The Bertz CT molecular complexity index is 843. The summed E-state index contributed by atoms with van der Waals surface area (Å²) in [6, 6.07) is 17.5. The molecule has 0 aliphatic carbocycles. The van der Waals surface area contributed by atoms with Crippen LogP contribution in [0.5, 0.6) is 0 Å². The minimum absolute atomic E-state index is 0.0896. The van der Waals surface area contributed by atoms with E-state index in [2.05, 4.69) is 15.6 Å². The molecule has 3 aromatic rings. The van der Waals surface area contributed by atoms with Gasteiger partial charge in [-0.1, -0.05) is 30.3 Å². The highest BCUT2D eigenvalue weighted by molar-refractivity contribution is 5.93. The molecule has 130 valence electrons. The minimum atomic E-state index is -0.245. The van der Waals surface area contributed by atoms with Crippen molar-refractivity contribution in [2.24, 2.45) is 0 Å². The summed E-state index contributed by atoms with van der Waals surface area (Å²) in [6.45, 7) is 2.57. The van der Waals surface area contributed by atoms with Crippen molar-refractivity contribution >= 4 is 22.6 Å². The van der Waals surface area contributed by atoms with Crippen molar-refractivity contribution in [3.8, 4) is 0 Å². The van der Waals surface area contributed by atoms with Gasteiger partial charge in [0.2, 0.25) is 0 Å². The Morgan fingerprint density at radius 1 is 1.16 bits per heavy atom. The molecule has 0 saturated carbocycles. The standard InChI is InChI=1S/C20H23N3O2/c1-14-11-17-12-18(7-8-19(17)22-14)23-20(25)21-13-16(9-10-24)15-5-3-2-4-6-15/h2-8,11-12,16,22,24H,9-10,13H2,1H3,(H2,21,23,25). The van der Waals surface area contributed by atoms with Crippen molar-refractivity contribution in [2.45, 2.75) is 19.3 Å². The van der Waals surface area contributed by atoms with Gasteiger partial charge in [0.25, 0.3) is 0 Å². The van der Waals surface area contributed by atoms with Crippen LogP contribution in [0.4, 0.5) is 10.5 Å². The fraction of sp³-hybridized carbons (Fsp3) is 0.250. The maximum absolute atomic E-state index is 12.2. The number of aromatic amines is 1. The smallest absolute Gasteiger partial charge is 0.319 e. The van der Waals surface area contributed by atoms with Crippen molar-refractivity contribution in [3.05, 3.63) is 65.9 Å². The Kier molecular flexibility index (Phi) is 5.36. The van der Waals surface area contributed by atoms with Crippen molar-refractivity contribution in [1.82, 2.24) is 10.3 Å². The first-order valence-corrected chi connectivity index (χ1v) is 8.46. The third-order valence-corrected chi connectivity index (χ3v) is 4.27. The van der Waals surface area contributed by atoms with E-state index >= 15 is 0 Å². The lowest BCUT2D eigenvalue weighted by atomic mass is 9.96. The number of fused-ring (bicyclic) bond motifs is 1. The molecule has 0 bridgehead atoms. The lowest BCUT2D eigenvalue weighted by Gasteiger charge is -2.17. The van der Waals surface area contributed by atoms with Crippen molar-refractivity contribution < 1.29 is 9.90 Å². The predicted molar refractivity (Wildman–Crippen MR) is 101 cm³/mol. The highest BCUT2D eigenvalue weighted by Gasteiger charge is 2.12. The highest BCUT2D eigenvalue weighted by atomic mass is 16.3. The molecule has 1 unspecified atom stereocenters. The molecule has 3 rings (SSSR count). The Labute approximate surface area is 147 Å². The normalized spacial score (nSPS) is 12.1. The molecular weight excluding hydrogens is 314 g/mol. The largest absolute Gasteiger partial charge is 0.396 e. The fourth-order valence-corrected chi connectivity index (χ4v) is 3.01. The molecule has 0 radical (unpaired) electrons. The van der Waals surface area contributed by atoms with E-state index in [0.29, 0.717) is 13.0 Å². The van der Waals surface area contributed by atoms with E-state index in [4.69, 9.17) is 0 Å². The van der Waals surface area contributed by atoms with E-state index in [1.807, 2.05) is 61.5 Å². The number of amides is 2. The minimum Gasteiger partial charge on any atom is -0.396 e. The Balaban J connectivity index is 1.60. The van der Waals surface area contributed by atoms with Gasteiger partial charge in [0.05, 0.1) is 0 Å². The molecule has 1 atom stereocenters. The molecule has 1 heterocycles. The third-order valence-electron chi connectivity index (χ3n) is 4.27. The van der Waals surface area contributed by atoms with Crippen molar-refractivity contribution in [1.29, 1.82) is 0 Å². The SMILES string of the molecule is Cc1cc2cc(NC(=O)NCC(CCO)c3ccccc3)ccc2[nH]1. The number of carbonyl (C=O) groups is 1. The van der Waals surface area contributed by atoms with Crippen LogP contribution in [0.25, 0.3) is 10.9 Å². The summed E-state index contributed by atoms with van der Waals surface area (Å²) in [5, 5.41) is 16.1. The van der Waals surface area contributed by atoms with Gasteiger partial charge in [-0.2, -0.15) is 0 Å². The predicted octanol–water partition coefficient (Wildman–Crippen LogP) is 3.76. The van der Waals surface area contributed by atoms with E-state index in [0.717, 1.165) is 27.8 Å². The lowest BCUT2D eigenvalue weighted by molar-refractivity contribution is 0.248. The van der Waals surface area contributed by atoms with E-state index < -0.39 is 0 Å². The van der Waals surface area contributed by atoms with Crippen LogP contribution in [-0.2, 0) is 0 Å². The number of nitrogens with one attached hydrogen (secondary N) is 3. The number of aromatic nitrogens is 1. The molecule has 5 heteroatoms. The number of rotatable bonds is 6.